The monoisotopic (exact) mass is 326 g/mol. The normalized spacial score (nSPS) is 15.8. The van der Waals surface area contributed by atoms with E-state index in [-0.39, 0.29) is 11.9 Å². The van der Waals surface area contributed by atoms with Gasteiger partial charge in [-0.25, -0.2) is 0 Å². The molecule has 1 aromatic carbocycles. The molecule has 2 N–H and O–H groups in total. The molecule has 1 atom stereocenters. The Morgan fingerprint density at radius 2 is 2.00 bits per heavy atom. The fraction of sp³-hybridized carbons (Fsp3) is 0.474. The lowest BCUT2D eigenvalue weighted by molar-refractivity contribution is -0.115. The van der Waals surface area contributed by atoms with Gasteiger partial charge >= 0.3 is 0 Å². The Bertz CT molecular complexity index is 704. The van der Waals surface area contributed by atoms with Gasteiger partial charge in [0.25, 0.3) is 0 Å². The van der Waals surface area contributed by atoms with Crippen LogP contribution in [0.1, 0.15) is 42.3 Å². The number of anilines is 1. The van der Waals surface area contributed by atoms with E-state index in [0.717, 1.165) is 17.1 Å². The second kappa shape index (κ2) is 7.18. The van der Waals surface area contributed by atoms with Gasteiger partial charge in [-0.3, -0.25) is 9.48 Å². The Balaban J connectivity index is 1.63. The van der Waals surface area contributed by atoms with Crippen molar-refractivity contribution in [3.05, 3.63) is 47.3 Å². The smallest absolute Gasteiger partial charge is 0.238 e. The van der Waals surface area contributed by atoms with E-state index in [0.29, 0.717) is 12.5 Å². The molecule has 1 heterocycles. The molecule has 5 heteroatoms. The summed E-state index contributed by atoms with van der Waals surface area (Å²) in [7, 11) is 1.89. The molecule has 1 aromatic heterocycles. The predicted octanol–water partition coefficient (Wildman–Crippen LogP) is 3.11. The molecule has 0 saturated heterocycles. The first kappa shape index (κ1) is 16.7. The molecule has 0 spiro atoms. The summed E-state index contributed by atoms with van der Waals surface area (Å²) in [6.45, 7) is 4.19. The lowest BCUT2D eigenvalue weighted by Gasteiger charge is -2.34. The second-order valence-corrected chi connectivity index (χ2v) is 6.68. The van der Waals surface area contributed by atoms with Crippen molar-refractivity contribution in [1.82, 2.24) is 15.1 Å². The molecule has 0 unspecified atom stereocenters. The highest BCUT2D eigenvalue weighted by molar-refractivity contribution is 5.93. The second-order valence-electron chi connectivity index (χ2n) is 6.68. The van der Waals surface area contributed by atoms with Gasteiger partial charge in [0.1, 0.15) is 0 Å². The van der Waals surface area contributed by atoms with Crippen LogP contribution in [-0.2, 0) is 11.8 Å². The van der Waals surface area contributed by atoms with Gasteiger partial charge in [0.2, 0.25) is 5.91 Å². The molecule has 0 bridgehead atoms. The summed E-state index contributed by atoms with van der Waals surface area (Å²) in [6, 6.07) is 10.7. The minimum Gasteiger partial charge on any atom is -0.322 e. The van der Waals surface area contributed by atoms with Crippen LogP contribution in [0.2, 0.25) is 0 Å². The predicted molar refractivity (Wildman–Crippen MR) is 95.8 cm³/mol. The number of aryl methyl sites for hydroxylation is 2. The molecule has 1 fully saturated rings. The minimum atomic E-state index is -0.0190. The summed E-state index contributed by atoms with van der Waals surface area (Å²) in [6.07, 6.45) is 3.75. The quantitative estimate of drug-likeness (QED) is 0.857. The number of rotatable bonds is 6. The number of hydrogen-bond acceptors (Lipinski definition) is 3. The molecule has 1 aliphatic carbocycles. The number of carbonyl (C=O) groups is 1. The van der Waals surface area contributed by atoms with E-state index in [9.17, 15) is 4.79 Å². The van der Waals surface area contributed by atoms with Crippen molar-refractivity contribution in [2.75, 3.05) is 11.9 Å². The third-order valence-electron chi connectivity index (χ3n) is 5.04. The zero-order chi connectivity index (χ0) is 17.1. The number of hydrogen-bond donors (Lipinski definition) is 2. The third-order valence-corrected chi connectivity index (χ3v) is 5.04. The van der Waals surface area contributed by atoms with Crippen LogP contribution in [0, 0.1) is 19.8 Å². The summed E-state index contributed by atoms with van der Waals surface area (Å²) in [4.78, 5) is 12.4. The fourth-order valence-corrected chi connectivity index (χ4v) is 3.33. The van der Waals surface area contributed by atoms with E-state index in [4.69, 9.17) is 0 Å². The van der Waals surface area contributed by atoms with Gasteiger partial charge in [0.05, 0.1) is 23.6 Å². The molecule has 0 radical (unpaired) electrons. The van der Waals surface area contributed by atoms with Crippen LogP contribution in [0.15, 0.2) is 30.3 Å². The van der Waals surface area contributed by atoms with Gasteiger partial charge in [0, 0.05) is 13.1 Å². The van der Waals surface area contributed by atoms with Crippen molar-refractivity contribution >= 4 is 11.6 Å². The van der Waals surface area contributed by atoms with Crippen LogP contribution in [0.3, 0.4) is 0 Å². The summed E-state index contributed by atoms with van der Waals surface area (Å²) >= 11 is 0. The molecule has 0 aliphatic heterocycles. The lowest BCUT2D eigenvalue weighted by atomic mass is 9.77. The SMILES string of the molecule is Cc1nn(C)c(C)c1NC(=O)CN[C@H](c1ccccc1)C1CCC1. The van der Waals surface area contributed by atoms with Crippen LogP contribution in [0.5, 0.6) is 0 Å². The molecule has 1 saturated carbocycles. The lowest BCUT2D eigenvalue weighted by Crippen LogP contribution is -2.37. The Labute approximate surface area is 143 Å². The van der Waals surface area contributed by atoms with E-state index in [1.165, 1.54) is 24.8 Å². The topological polar surface area (TPSA) is 59.0 Å². The van der Waals surface area contributed by atoms with E-state index in [1.807, 2.05) is 27.0 Å². The van der Waals surface area contributed by atoms with Crippen LogP contribution in [0.25, 0.3) is 0 Å². The van der Waals surface area contributed by atoms with Crippen LogP contribution in [0.4, 0.5) is 5.69 Å². The van der Waals surface area contributed by atoms with Crippen molar-refractivity contribution in [1.29, 1.82) is 0 Å². The third kappa shape index (κ3) is 3.51. The van der Waals surface area contributed by atoms with E-state index in [2.05, 4.69) is 40.0 Å². The Kier molecular flexibility index (Phi) is 5.00. The molecule has 1 amide bonds. The standard InChI is InChI=1S/C19H26N4O/c1-13-18(14(2)23(3)22-13)21-17(24)12-20-19(16-10-7-11-16)15-8-5-4-6-9-15/h4-6,8-9,16,19-20H,7,10-12H2,1-3H3,(H,21,24)/t19-/m1/s1. The Morgan fingerprint density at radius 3 is 2.54 bits per heavy atom. The van der Waals surface area contributed by atoms with Gasteiger partial charge < -0.3 is 10.6 Å². The maximum atomic E-state index is 12.4. The number of carbonyl (C=O) groups excluding carboxylic acids is 1. The summed E-state index contributed by atoms with van der Waals surface area (Å²) in [5, 5.41) is 10.8. The van der Waals surface area contributed by atoms with Crippen molar-refractivity contribution in [2.45, 2.75) is 39.2 Å². The summed E-state index contributed by atoms with van der Waals surface area (Å²) < 4.78 is 1.79. The highest BCUT2D eigenvalue weighted by Gasteiger charge is 2.28. The highest BCUT2D eigenvalue weighted by atomic mass is 16.1. The molecule has 24 heavy (non-hydrogen) atoms. The summed E-state index contributed by atoms with van der Waals surface area (Å²) in [5.74, 6) is 0.608. The minimum absolute atomic E-state index is 0.0190. The van der Waals surface area contributed by atoms with Gasteiger partial charge in [0.15, 0.2) is 0 Å². The number of benzene rings is 1. The molecular formula is C19H26N4O. The van der Waals surface area contributed by atoms with E-state index in [1.54, 1.807) is 4.68 Å². The highest BCUT2D eigenvalue weighted by Crippen LogP contribution is 2.37. The average molecular weight is 326 g/mol. The first-order valence-electron chi connectivity index (χ1n) is 8.64. The van der Waals surface area contributed by atoms with Crippen LogP contribution >= 0.6 is 0 Å². The molecule has 1 aliphatic rings. The number of aromatic nitrogens is 2. The molecule has 5 nitrogen and oxygen atoms in total. The summed E-state index contributed by atoms with van der Waals surface area (Å²) in [5.41, 5.74) is 3.91. The first-order valence-corrected chi connectivity index (χ1v) is 8.64. The fourth-order valence-electron chi connectivity index (χ4n) is 3.33. The van der Waals surface area contributed by atoms with Crippen molar-refractivity contribution in [2.24, 2.45) is 13.0 Å². The molecular weight excluding hydrogens is 300 g/mol. The molecule has 2 aromatic rings. The largest absolute Gasteiger partial charge is 0.322 e. The molecule has 3 rings (SSSR count). The van der Waals surface area contributed by atoms with Crippen LogP contribution < -0.4 is 10.6 Å². The van der Waals surface area contributed by atoms with Gasteiger partial charge in [-0.2, -0.15) is 5.10 Å². The van der Waals surface area contributed by atoms with Crippen molar-refractivity contribution in [3.63, 3.8) is 0 Å². The van der Waals surface area contributed by atoms with Gasteiger partial charge in [-0.1, -0.05) is 36.8 Å². The van der Waals surface area contributed by atoms with E-state index < -0.39 is 0 Å². The van der Waals surface area contributed by atoms with Crippen molar-refractivity contribution in [3.8, 4) is 0 Å². The van der Waals surface area contributed by atoms with Crippen molar-refractivity contribution < 1.29 is 4.79 Å². The van der Waals surface area contributed by atoms with Gasteiger partial charge in [-0.15, -0.1) is 0 Å². The Hall–Kier alpha value is -2.14. The number of amides is 1. The zero-order valence-corrected chi connectivity index (χ0v) is 14.7. The average Bonchev–Trinajstić information content (AvgIpc) is 2.76. The number of nitrogens with one attached hydrogen (secondary N) is 2. The van der Waals surface area contributed by atoms with Crippen LogP contribution in [-0.4, -0.2) is 22.2 Å². The van der Waals surface area contributed by atoms with Gasteiger partial charge in [-0.05, 0) is 38.2 Å². The van der Waals surface area contributed by atoms with E-state index >= 15 is 0 Å². The first-order chi connectivity index (χ1) is 11.6. The maximum Gasteiger partial charge on any atom is 0.238 e. The zero-order valence-electron chi connectivity index (χ0n) is 14.7. The number of nitrogens with zero attached hydrogens (tertiary/aromatic N) is 2. The maximum absolute atomic E-state index is 12.4. The molecule has 128 valence electrons. The Morgan fingerprint density at radius 1 is 1.29 bits per heavy atom.